The minimum Gasteiger partial charge on any atom is -0.369 e. The maximum Gasteiger partial charge on any atom is 0.270 e. The standard InChI is InChI=1S/C13H16N4O2/c1-9(14-2)8-15-13-6-3-10-7-11(17(18)19)4-5-12(10)16-13/h3-7,9,14H,8H2,1-2H3,(H,15,16). The molecule has 0 aliphatic heterocycles. The number of nitro groups is 1. The molecule has 0 radical (unpaired) electrons. The molecule has 1 atom stereocenters. The molecule has 1 aromatic heterocycles. The molecule has 2 N–H and O–H groups in total. The number of pyridine rings is 1. The Morgan fingerprint density at radius 2 is 2.16 bits per heavy atom. The Kier molecular flexibility index (Phi) is 3.91. The van der Waals surface area contributed by atoms with Gasteiger partial charge in [0.2, 0.25) is 0 Å². The molecule has 2 rings (SSSR count). The van der Waals surface area contributed by atoms with E-state index in [-0.39, 0.29) is 5.69 Å². The second kappa shape index (κ2) is 5.62. The van der Waals surface area contributed by atoms with Gasteiger partial charge in [-0.3, -0.25) is 10.1 Å². The number of rotatable bonds is 5. The number of nitrogens with zero attached hydrogens (tertiary/aromatic N) is 2. The minimum absolute atomic E-state index is 0.0822. The lowest BCUT2D eigenvalue weighted by atomic mass is 10.2. The predicted molar refractivity (Wildman–Crippen MR) is 75.4 cm³/mol. The van der Waals surface area contributed by atoms with Crippen LogP contribution in [0.15, 0.2) is 30.3 Å². The first-order chi connectivity index (χ1) is 9.10. The van der Waals surface area contributed by atoms with Crippen LogP contribution in [0.3, 0.4) is 0 Å². The van der Waals surface area contributed by atoms with Crippen molar-refractivity contribution in [3.63, 3.8) is 0 Å². The molecule has 19 heavy (non-hydrogen) atoms. The van der Waals surface area contributed by atoms with Crippen molar-refractivity contribution in [1.82, 2.24) is 10.3 Å². The zero-order chi connectivity index (χ0) is 13.8. The number of hydrogen-bond donors (Lipinski definition) is 2. The van der Waals surface area contributed by atoms with Crippen LogP contribution >= 0.6 is 0 Å². The summed E-state index contributed by atoms with van der Waals surface area (Å²) >= 11 is 0. The quantitative estimate of drug-likeness (QED) is 0.636. The molecule has 1 heterocycles. The predicted octanol–water partition coefficient (Wildman–Crippen LogP) is 2.16. The van der Waals surface area contributed by atoms with Gasteiger partial charge in [-0.25, -0.2) is 4.98 Å². The van der Waals surface area contributed by atoms with Crippen molar-refractivity contribution in [3.8, 4) is 0 Å². The molecular weight excluding hydrogens is 244 g/mol. The molecule has 6 nitrogen and oxygen atoms in total. The van der Waals surface area contributed by atoms with Crippen LogP contribution in [0.2, 0.25) is 0 Å². The number of anilines is 1. The van der Waals surface area contributed by atoms with Gasteiger partial charge in [-0.15, -0.1) is 0 Å². The van der Waals surface area contributed by atoms with Crippen molar-refractivity contribution in [3.05, 3.63) is 40.4 Å². The Balaban J connectivity index is 2.21. The number of likely N-dealkylation sites (N-methyl/N-ethyl adjacent to an activating group) is 1. The molecule has 0 amide bonds. The second-order valence-electron chi connectivity index (χ2n) is 4.40. The SMILES string of the molecule is CNC(C)CNc1ccc2cc([N+](=O)[O-])ccc2n1. The summed E-state index contributed by atoms with van der Waals surface area (Å²) < 4.78 is 0. The van der Waals surface area contributed by atoms with E-state index in [4.69, 9.17) is 0 Å². The van der Waals surface area contributed by atoms with Crippen molar-refractivity contribution in [2.24, 2.45) is 0 Å². The van der Waals surface area contributed by atoms with Gasteiger partial charge in [0.1, 0.15) is 5.82 Å². The van der Waals surface area contributed by atoms with Crippen molar-refractivity contribution in [2.75, 3.05) is 18.9 Å². The van der Waals surface area contributed by atoms with E-state index < -0.39 is 4.92 Å². The fraction of sp³-hybridized carbons (Fsp3) is 0.308. The Labute approximate surface area is 111 Å². The monoisotopic (exact) mass is 260 g/mol. The van der Waals surface area contributed by atoms with Gasteiger partial charge in [0.15, 0.2) is 0 Å². The first-order valence-corrected chi connectivity index (χ1v) is 6.06. The number of fused-ring (bicyclic) bond motifs is 1. The first-order valence-electron chi connectivity index (χ1n) is 6.06. The molecule has 0 bridgehead atoms. The molecule has 0 saturated heterocycles. The van der Waals surface area contributed by atoms with Crippen LogP contribution in [0.1, 0.15) is 6.92 Å². The molecular formula is C13H16N4O2. The van der Waals surface area contributed by atoms with Gasteiger partial charge in [0, 0.05) is 30.1 Å². The summed E-state index contributed by atoms with van der Waals surface area (Å²) in [5.74, 6) is 0.767. The Morgan fingerprint density at radius 1 is 1.37 bits per heavy atom. The molecule has 0 fully saturated rings. The zero-order valence-corrected chi connectivity index (χ0v) is 10.9. The fourth-order valence-corrected chi connectivity index (χ4v) is 1.68. The van der Waals surface area contributed by atoms with Gasteiger partial charge in [-0.05, 0) is 32.2 Å². The van der Waals surface area contributed by atoms with Gasteiger partial charge in [0.05, 0.1) is 10.4 Å². The third-order valence-corrected chi connectivity index (χ3v) is 2.97. The summed E-state index contributed by atoms with van der Waals surface area (Å²) in [5, 5.41) is 17.8. The van der Waals surface area contributed by atoms with Crippen LogP contribution in [-0.2, 0) is 0 Å². The first kappa shape index (κ1) is 13.2. The highest BCUT2D eigenvalue weighted by Gasteiger charge is 2.07. The third-order valence-electron chi connectivity index (χ3n) is 2.97. The summed E-state index contributed by atoms with van der Waals surface area (Å²) in [6.45, 7) is 2.83. The number of nitrogens with one attached hydrogen (secondary N) is 2. The number of non-ortho nitro benzene ring substituents is 1. The lowest BCUT2D eigenvalue weighted by molar-refractivity contribution is -0.384. The molecule has 100 valence electrons. The van der Waals surface area contributed by atoms with E-state index in [1.807, 2.05) is 19.2 Å². The zero-order valence-electron chi connectivity index (χ0n) is 10.9. The number of aromatic nitrogens is 1. The van der Waals surface area contributed by atoms with Crippen LogP contribution < -0.4 is 10.6 Å². The van der Waals surface area contributed by atoms with Crippen LogP contribution in [0.5, 0.6) is 0 Å². The largest absolute Gasteiger partial charge is 0.369 e. The summed E-state index contributed by atoms with van der Waals surface area (Å²) in [6.07, 6.45) is 0. The van der Waals surface area contributed by atoms with E-state index >= 15 is 0 Å². The van der Waals surface area contributed by atoms with Crippen molar-refractivity contribution in [2.45, 2.75) is 13.0 Å². The number of hydrogen-bond acceptors (Lipinski definition) is 5. The summed E-state index contributed by atoms with van der Waals surface area (Å²) in [5.41, 5.74) is 0.825. The smallest absolute Gasteiger partial charge is 0.270 e. The molecule has 0 saturated carbocycles. The molecule has 6 heteroatoms. The topological polar surface area (TPSA) is 80.1 Å². The van der Waals surface area contributed by atoms with Gasteiger partial charge in [-0.1, -0.05) is 0 Å². The molecule has 1 aromatic carbocycles. The molecule has 0 spiro atoms. The lowest BCUT2D eigenvalue weighted by Gasteiger charge is -2.12. The third kappa shape index (κ3) is 3.17. The Hall–Kier alpha value is -2.21. The number of nitro benzene ring substituents is 1. The van der Waals surface area contributed by atoms with Gasteiger partial charge < -0.3 is 10.6 Å². The van der Waals surface area contributed by atoms with Crippen molar-refractivity contribution >= 4 is 22.4 Å². The van der Waals surface area contributed by atoms with Gasteiger partial charge >= 0.3 is 0 Å². The average Bonchev–Trinajstić information content (AvgIpc) is 2.43. The second-order valence-corrected chi connectivity index (χ2v) is 4.40. The molecule has 1 unspecified atom stereocenters. The Morgan fingerprint density at radius 3 is 2.84 bits per heavy atom. The fourth-order valence-electron chi connectivity index (χ4n) is 1.68. The minimum atomic E-state index is -0.403. The van der Waals surface area contributed by atoms with Crippen LogP contribution in [0, 0.1) is 10.1 Å². The number of benzene rings is 1. The van der Waals surface area contributed by atoms with E-state index in [2.05, 4.69) is 22.5 Å². The normalized spacial score (nSPS) is 12.3. The maximum atomic E-state index is 10.7. The van der Waals surface area contributed by atoms with E-state index in [9.17, 15) is 10.1 Å². The van der Waals surface area contributed by atoms with Crippen molar-refractivity contribution < 1.29 is 4.92 Å². The summed E-state index contributed by atoms with van der Waals surface area (Å²) in [7, 11) is 1.90. The van der Waals surface area contributed by atoms with E-state index in [0.717, 1.165) is 23.3 Å². The Bertz CT molecular complexity index is 600. The maximum absolute atomic E-state index is 10.7. The lowest BCUT2D eigenvalue weighted by Crippen LogP contribution is -2.29. The molecule has 0 aliphatic carbocycles. The van der Waals surface area contributed by atoms with Gasteiger partial charge in [-0.2, -0.15) is 0 Å². The highest BCUT2D eigenvalue weighted by Crippen LogP contribution is 2.20. The highest BCUT2D eigenvalue weighted by atomic mass is 16.6. The highest BCUT2D eigenvalue weighted by molar-refractivity contribution is 5.82. The van der Waals surface area contributed by atoms with Crippen molar-refractivity contribution in [1.29, 1.82) is 0 Å². The van der Waals surface area contributed by atoms with Gasteiger partial charge in [0.25, 0.3) is 5.69 Å². The van der Waals surface area contributed by atoms with Crippen LogP contribution in [-0.4, -0.2) is 29.5 Å². The average molecular weight is 260 g/mol. The van der Waals surface area contributed by atoms with E-state index in [0.29, 0.717) is 6.04 Å². The van der Waals surface area contributed by atoms with Crippen LogP contribution in [0.25, 0.3) is 10.9 Å². The summed E-state index contributed by atoms with van der Waals surface area (Å²) in [6, 6.07) is 8.67. The van der Waals surface area contributed by atoms with Crippen LogP contribution in [0.4, 0.5) is 11.5 Å². The summed E-state index contributed by atoms with van der Waals surface area (Å²) in [4.78, 5) is 14.7. The van der Waals surface area contributed by atoms with E-state index in [1.165, 1.54) is 12.1 Å². The molecule has 0 aliphatic rings. The van der Waals surface area contributed by atoms with E-state index in [1.54, 1.807) is 6.07 Å². The molecule has 2 aromatic rings.